The number of halogens is 1. The summed E-state index contributed by atoms with van der Waals surface area (Å²) in [6.07, 6.45) is 1.82. The van der Waals surface area contributed by atoms with Crippen molar-refractivity contribution < 1.29 is 4.74 Å². The van der Waals surface area contributed by atoms with Crippen LogP contribution in [0.25, 0.3) is 0 Å². The molecular formula is C17H21ClN4O. The van der Waals surface area contributed by atoms with Crippen LogP contribution >= 0.6 is 11.6 Å². The van der Waals surface area contributed by atoms with E-state index in [1.807, 2.05) is 37.4 Å². The number of anilines is 1. The first-order chi connectivity index (χ1) is 11.2. The van der Waals surface area contributed by atoms with Crippen molar-refractivity contribution in [2.45, 2.75) is 13.5 Å². The molecule has 3 rings (SSSR count). The van der Waals surface area contributed by atoms with Gasteiger partial charge in [0.25, 0.3) is 0 Å². The normalized spacial score (nSPS) is 15.7. The van der Waals surface area contributed by atoms with Crippen LogP contribution in [0.2, 0.25) is 5.02 Å². The third-order valence-corrected chi connectivity index (χ3v) is 4.49. The molecule has 1 fully saturated rings. The standard InChI is InChI=1S/C17H21ClN4O/c1-13-19-7-6-17(20-13)22-10-8-21(9-11-22)12-14-15(18)4-3-5-16(14)23-2/h3-7H,8-12H2,1-2H3. The molecule has 2 aromatic rings. The largest absolute Gasteiger partial charge is 0.496 e. The lowest BCUT2D eigenvalue weighted by Gasteiger charge is -2.35. The van der Waals surface area contributed by atoms with Crippen LogP contribution in [0, 0.1) is 6.92 Å². The van der Waals surface area contributed by atoms with Crippen molar-refractivity contribution in [1.82, 2.24) is 14.9 Å². The summed E-state index contributed by atoms with van der Waals surface area (Å²) in [6, 6.07) is 7.76. The van der Waals surface area contributed by atoms with E-state index in [4.69, 9.17) is 16.3 Å². The molecule has 0 bridgehead atoms. The molecule has 23 heavy (non-hydrogen) atoms. The highest BCUT2D eigenvalue weighted by molar-refractivity contribution is 6.31. The fraction of sp³-hybridized carbons (Fsp3) is 0.412. The van der Waals surface area contributed by atoms with Gasteiger partial charge in [0.05, 0.1) is 7.11 Å². The molecule has 1 aromatic carbocycles. The molecule has 122 valence electrons. The summed E-state index contributed by atoms with van der Waals surface area (Å²) in [5.74, 6) is 2.67. The first-order valence-electron chi connectivity index (χ1n) is 7.75. The van der Waals surface area contributed by atoms with Gasteiger partial charge in [-0.25, -0.2) is 9.97 Å². The van der Waals surface area contributed by atoms with Crippen LogP contribution in [0.4, 0.5) is 5.82 Å². The highest BCUT2D eigenvalue weighted by Gasteiger charge is 2.20. The Morgan fingerprint density at radius 1 is 1.17 bits per heavy atom. The zero-order valence-electron chi connectivity index (χ0n) is 13.5. The summed E-state index contributed by atoms with van der Waals surface area (Å²) in [7, 11) is 1.69. The maximum absolute atomic E-state index is 6.34. The summed E-state index contributed by atoms with van der Waals surface area (Å²) in [4.78, 5) is 13.4. The fourth-order valence-corrected chi connectivity index (χ4v) is 3.09. The van der Waals surface area contributed by atoms with Crippen molar-refractivity contribution in [1.29, 1.82) is 0 Å². The lowest BCUT2D eigenvalue weighted by molar-refractivity contribution is 0.245. The Kier molecular flexibility index (Phi) is 4.98. The van der Waals surface area contributed by atoms with Crippen LogP contribution in [-0.2, 0) is 6.54 Å². The zero-order valence-corrected chi connectivity index (χ0v) is 14.3. The van der Waals surface area contributed by atoms with E-state index in [1.54, 1.807) is 7.11 Å². The Bertz CT molecular complexity index is 671. The van der Waals surface area contributed by atoms with Crippen molar-refractivity contribution in [2.75, 3.05) is 38.2 Å². The monoisotopic (exact) mass is 332 g/mol. The second-order valence-electron chi connectivity index (χ2n) is 5.65. The van der Waals surface area contributed by atoms with Gasteiger partial charge in [0.2, 0.25) is 0 Å². The first-order valence-corrected chi connectivity index (χ1v) is 8.13. The number of hydrogen-bond donors (Lipinski definition) is 0. The lowest BCUT2D eigenvalue weighted by Crippen LogP contribution is -2.46. The van der Waals surface area contributed by atoms with Crippen LogP contribution in [0.1, 0.15) is 11.4 Å². The summed E-state index contributed by atoms with van der Waals surface area (Å²) in [5, 5.41) is 0.762. The smallest absolute Gasteiger partial charge is 0.132 e. The maximum atomic E-state index is 6.34. The van der Waals surface area contributed by atoms with Crippen molar-refractivity contribution in [3.8, 4) is 5.75 Å². The Hall–Kier alpha value is -1.85. The number of piperazine rings is 1. The van der Waals surface area contributed by atoms with E-state index in [-0.39, 0.29) is 0 Å². The van der Waals surface area contributed by atoms with E-state index in [0.717, 1.165) is 60.7 Å². The number of ether oxygens (including phenoxy) is 1. The molecule has 0 saturated carbocycles. The van der Waals surface area contributed by atoms with Gasteiger partial charge in [-0.3, -0.25) is 4.90 Å². The van der Waals surface area contributed by atoms with Gasteiger partial charge < -0.3 is 9.64 Å². The maximum Gasteiger partial charge on any atom is 0.132 e. The van der Waals surface area contributed by atoms with Crippen molar-refractivity contribution >= 4 is 17.4 Å². The summed E-state index contributed by atoms with van der Waals surface area (Å²) >= 11 is 6.34. The number of methoxy groups -OCH3 is 1. The quantitative estimate of drug-likeness (QED) is 0.861. The molecule has 5 nitrogen and oxygen atoms in total. The van der Waals surface area contributed by atoms with E-state index >= 15 is 0 Å². The summed E-state index contributed by atoms with van der Waals surface area (Å²) in [6.45, 7) is 6.56. The number of hydrogen-bond acceptors (Lipinski definition) is 5. The van der Waals surface area contributed by atoms with Gasteiger partial charge in [-0.2, -0.15) is 0 Å². The van der Waals surface area contributed by atoms with Crippen molar-refractivity contribution in [3.05, 3.63) is 46.9 Å². The second-order valence-corrected chi connectivity index (χ2v) is 6.05. The Balaban J connectivity index is 1.64. The number of nitrogens with zero attached hydrogens (tertiary/aromatic N) is 4. The summed E-state index contributed by atoms with van der Waals surface area (Å²) < 4.78 is 5.43. The number of rotatable bonds is 4. The summed E-state index contributed by atoms with van der Waals surface area (Å²) in [5.41, 5.74) is 1.06. The topological polar surface area (TPSA) is 41.5 Å². The van der Waals surface area contributed by atoms with Crippen LogP contribution in [-0.4, -0.2) is 48.2 Å². The minimum Gasteiger partial charge on any atom is -0.496 e. The molecule has 0 N–H and O–H groups in total. The lowest BCUT2D eigenvalue weighted by atomic mass is 10.1. The minimum atomic E-state index is 0.762. The van der Waals surface area contributed by atoms with E-state index in [2.05, 4.69) is 19.8 Å². The SMILES string of the molecule is COc1cccc(Cl)c1CN1CCN(c2ccnc(C)n2)CC1. The van der Waals surface area contributed by atoms with Gasteiger partial charge in [0.1, 0.15) is 17.4 Å². The first kappa shape index (κ1) is 16.0. The van der Waals surface area contributed by atoms with Crippen LogP contribution in [0.3, 0.4) is 0 Å². The Morgan fingerprint density at radius 2 is 1.96 bits per heavy atom. The van der Waals surface area contributed by atoms with E-state index in [9.17, 15) is 0 Å². The van der Waals surface area contributed by atoms with Crippen molar-refractivity contribution in [2.24, 2.45) is 0 Å². The molecular weight excluding hydrogens is 312 g/mol. The highest BCUT2D eigenvalue weighted by atomic mass is 35.5. The average Bonchev–Trinajstić information content (AvgIpc) is 2.57. The average molecular weight is 333 g/mol. The molecule has 1 aromatic heterocycles. The molecule has 2 heterocycles. The molecule has 0 unspecified atom stereocenters. The van der Waals surface area contributed by atoms with Gasteiger partial charge >= 0.3 is 0 Å². The molecule has 6 heteroatoms. The van der Waals surface area contributed by atoms with Gasteiger partial charge in [-0.05, 0) is 25.1 Å². The van der Waals surface area contributed by atoms with Crippen LogP contribution < -0.4 is 9.64 Å². The zero-order chi connectivity index (χ0) is 16.2. The van der Waals surface area contributed by atoms with E-state index in [1.165, 1.54) is 0 Å². The minimum absolute atomic E-state index is 0.762. The molecule has 0 spiro atoms. The Labute approximate surface area is 141 Å². The number of aryl methyl sites for hydroxylation is 1. The van der Waals surface area contributed by atoms with E-state index < -0.39 is 0 Å². The van der Waals surface area contributed by atoms with Crippen molar-refractivity contribution in [3.63, 3.8) is 0 Å². The predicted octanol–water partition coefficient (Wildman–Crippen LogP) is 2.77. The fourth-order valence-electron chi connectivity index (χ4n) is 2.86. The van der Waals surface area contributed by atoms with E-state index in [0.29, 0.717) is 0 Å². The molecule has 1 aliphatic rings. The molecule has 1 saturated heterocycles. The molecule has 0 amide bonds. The molecule has 0 radical (unpaired) electrons. The van der Waals surface area contributed by atoms with Gasteiger partial charge in [0.15, 0.2) is 0 Å². The van der Waals surface area contributed by atoms with Gasteiger partial charge in [0, 0.05) is 49.5 Å². The second kappa shape index (κ2) is 7.15. The third-order valence-electron chi connectivity index (χ3n) is 4.14. The number of benzene rings is 1. The number of aromatic nitrogens is 2. The van der Waals surface area contributed by atoms with Gasteiger partial charge in [-0.15, -0.1) is 0 Å². The third kappa shape index (κ3) is 3.74. The van der Waals surface area contributed by atoms with Gasteiger partial charge in [-0.1, -0.05) is 17.7 Å². The van der Waals surface area contributed by atoms with Crippen LogP contribution in [0.15, 0.2) is 30.5 Å². The Morgan fingerprint density at radius 3 is 2.65 bits per heavy atom. The highest BCUT2D eigenvalue weighted by Crippen LogP contribution is 2.28. The molecule has 0 aliphatic carbocycles. The molecule has 1 aliphatic heterocycles. The predicted molar refractivity (Wildman–Crippen MR) is 92.3 cm³/mol. The molecule has 0 atom stereocenters. The van der Waals surface area contributed by atoms with Crippen LogP contribution in [0.5, 0.6) is 5.75 Å².